The van der Waals surface area contributed by atoms with E-state index in [1.807, 2.05) is 18.4 Å². The van der Waals surface area contributed by atoms with Crippen molar-refractivity contribution in [1.82, 2.24) is 5.32 Å². The Morgan fingerprint density at radius 3 is 2.63 bits per heavy atom. The lowest BCUT2D eigenvalue weighted by molar-refractivity contribution is 0.593. The lowest BCUT2D eigenvalue weighted by Crippen LogP contribution is -2.19. The number of hydrogen-bond donors (Lipinski definition) is 1. The van der Waals surface area contributed by atoms with Gasteiger partial charge in [0, 0.05) is 30.3 Å². The molecule has 0 aliphatic rings. The molecule has 0 spiro atoms. The average molecular weight is 450 g/mol. The predicted octanol–water partition coefficient (Wildman–Crippen LogP) is 5.18. The SMILES string of the molecule is CCc1ccc(CC(NC)c2cc(Br)ccc2I)s1. The van der Waals surface area contributed by atoms with Gasteiger partial charge in [0.2, 0.25) is 0 Å². The van der Waals surface area contributed by atoms with Gasteiger partial charge in [-0.1, -0.05) is 22.9 Å². The van der Waals surface area contributed by atoms with Crippen molar-refractivity contribution in [3.63, 3.8) is 0 Å². The number of thiophene rings is 1. The molecule has 1 N–H and O–H groups in total. The standard InChI is InChI=1S/C15H17BrINS/c1-3-11-5-6-12(19-11)9-15(18-2)13-8-10(16)4-7-14(13)17/h4-8,15,18H,3,9H2,1-2H3. The Bertz CT molecular complexity index is 553. The first-order valence-corrected chi connectivity index (χ1v) is 9.02. The van der Waals surface area contributed by atoms with Gasteiger partial charge in [0.1, 0.15) is 0 Å². The van der Waals surface area contributed by atoms with Gasteiger partial charge < -0.3 is 5.32 Å². The molecule has 1 heterocycles. The van der Waals surface area contributed by atoms with Crippen LogP contribution >= 0.6 is 49.9 Å². The molecule has 1 unspecified atom stereocenters. The molecule has 0 saturated carbocycles. The zero-order valence-corrected chi connectivity index (χ0v) is 15.6. The Kier molecular flexibility index (Phi) is 5.87. The van der Waals surface area contributed by atoms with E-state index in [0.717, 1.165) is 17.3 Å². The Morgan fingerprint density at radius 1 is 1.26 bits per heavy atom. The first-order valence-electron chi connectivity index (χ1n) is 6.33. The summed E-state index contributed by atoms with van der Waals surface area (Å²) in [5.41, 5.74) is 1.36. The second-order valence-corrected chi connectivity index (χ2v) is 7.76. The minimum atomic E-state index is 0.368. The zero-order chi connectivity index (χ0) is 13.8. The van der Waals surface area contributed by atoms with Crippen molar-refractivity contribution in [2.45, 2.75) is 25.8 Å². The summed E-state index contributed by atoms with van der Waals surface area (Å²) < 4.78 is 2.45. The predicted molar refractivity (Wildman–Crippen MR) is 96.1 cm³/mol. The molecule has 19 heavy (non-hydrogen) atoms. The van der Waals surface area contributed by atoms with Crippen molar-refractivity contribution >= 4 is 49.9 Å². The van der Waals surface area contributed by atoms with Gasteiger partial charge in [0.05, 0.1) is 0 Å². The molecule has 0 amide bonds. The Morgan fingerprint density at radius 2 is 2.00 bits per heavy atom. The summed E-state index contributed by atoms with van der Waals surface area (Å²) in [6, 6.07) is 11.4. The van der Waals surface area contributed by atoms with Crippen molar-refractivity contribution < 1.29 is 0 Å². The van der Waals surface area contributed by atoms with Gasteiger partial charge in [-0.3, -0.25) is 0 Å². The monoisotopic (exact) mass is 449 g/mol. The van der Waals surface area contributed by atoms with Crippen LogP contribution in [0, 0.1) is 3.57 Å². The second kappa shape index (κ2) is 7.20. The first-order chi connectivity index (χ1) is 9.13. The molecule has 2 rings (SSSR count). The Balaban J connectivity index is 2.22. The summed E-state index contributed by atoms with van der Waals surface area (Å²) in [6.07, 6.45) is 2.18. The molecule has 0 saturated heterocycles. The summed E-state index contributed by atoms with van der Waals surface area (Å²) in [5.74, 6) is 0. The minimum absolute atomic E-state index is 0.368. The number of rotatable bonds is 5. The average Bonchev–Trinajstić information content (AvgIpc) is 2.87. The van der Waals surface area contributed by atoms with Crippen LogP contribution in [-0.2, 0) is 12.8 Å². The van der Waals surface area contributed by atoms with Crippen LogP contribution in [0.3, 0.4) is 0 Å². The van der Waals surface area contributed by atoms with E-state index in [9.17, 15) is 0 Å². The van der Waals surface area contributed by atoms with Crippen LogP contribution in [-0.4, -0.2) is 7.05 Å². The summed E-state index contributed by atoms with van der Waals surface area (Å²) >= 11 is 7.91. The lowest BCUT2D eigenvalue weighted by atomic mass is 10.0. The van der Waals surface area contributed by atoms with Crippen molar-refractivity contribution in [1.29, 1.82) is 0 Å². The molecule has 0 bridgehead atoms. The number of likely N-dealkylation sites (N-methyl/N-ethyl adjacent to an activating group) is 1. The molecule has 1 atom stereocenters. The molecule has 1 aromatic carbocycles. The van der Waals surface area contributed by atoms with E-state index in [4.69, 9.17) is 0 Å². The van der Waals surface area contributed by atoms with Crippen molar-refractivity contribution in [2.24, 2.45) is 0 Å². The molecule has 0 aliphatic heterocycles. The third-order valence-electron chi connectivity index (χ3n) is 3.15. The van der Waals surface area contributed by atoms with Crippen LogP contribution in [0.1, 0.15) is 28.3 Å². The molecular formula is C15H17BrINS. The molecule has 1 nitrogen and oxygen atoms in total. The maximum absolute atomic E-state index is 3.57. The summed E-state index contributed by atoms with van der Waals surface area (Å²) in [5, 5.41) is 3.44. The number of halogens is 2. The highest BCUT2D eigenvalue weighted by atomic mass is 127. The van der Waals surface area contributed by atoms with Crippen LogP contribution in [0.2, 0.25) is 0 Å². The van der Waals surface area contributed by atoms with E-state index in [0.29, 0.717) is 6.04 Å². The maximum atomic E-state index is 3.57. The first kappa shape index (κ1) is 15.5. The van der Waals surface area contributed by atoms with Crippen molar-refractivity contribution in [2.75, 3.05) is 7.05 Å². The van der Waals surface area contributed by atoms with E-state index in [2.05, 4.69) is 81.1 Å². The molecule has 4 heteroatoms. The Labute approximate surface area is 141 Å². The molecular weight excluding hydrogens is 433 g/mol. The van der Waals surface area contributed by atoms with E-state index in [1.165, 1.54) is 18.9 Å². The highest BCUT2D eigenvalue weighted by Crippen LogP contribution is 2.28. The topological polar surface area (TPSA) is 12.0 Å². The van der Waals surface area contributed by atoms with Crippen LogP contribution in [0.4, 0.5) is 0 Å². The van der Waals surface area contributed by atoms with E-state index < -0.39 is 0 Å². The van der Waals surface area contributed by atoms with E-state index >= 15 is 0 Å². The molecule has 0 fully saturated rings. The number of aryl methyl sites for hydroxylation is 1. The van der Waals surface area contributed by atoms with E-state index in [1.54, 1.807) is 0 Å². The highest BCUT2D eigenvalue weighted by molar-refractivity contribution is 14.1. The summed E-state index contributed by atoms with van der Waals surface area (Å²) in [4.78, 5) is 2.92. The third kappa shape index (κ3) is 4.03. The number of nitrogens with one attached hydrogen (secondary N) is 1. The number of hydrogen-bond acceptors (Lipinski definition) is 2. The molecule has 102 valence electrons. The fraction of sp³-hybridized carbons (Fsp3) is 0.333. The normalized spacial score (nSPS) is 12.6. The van der Waals surface area contributed by atoms with Gasteiger partial charge in [0.25, 0.3) is 0 Å². The highest BCUT2D eigenvalue weighted by Gasteiger charge is 2.14. The van der Waals surface area contributed by atoms with Crippen LogP contribution in [0.15, 0.2) is 34.8 Å². The van der Waals surface area contributed by atoms with Crippen LogP contribution in [0.5, 0.6) is 0 Å². The zero-order valence-electron chi connectivity index (χ0n) is 11.0. The third-order valence-corrected chi connectivity index (χ3v) is 5.88. The van der Waals surface area contributed by atoms with Gasteiger partial charge in [-0.15, -0.1) is 11.3 Å². The summed E-state index contributed by atoms with van der Waals surface area (Å²) in [7, 11) is 2.04. The van der Waals surface area contributed by atoms with Gasteiger partial charge >= 0.3 is 0 Å². The molecule has 0 aliphatic carbocycles. The molecule has 2 aromatic rings. The van der Waals surface area contributed by atoms with E-state index in [-0.39, 0.29) is 0 Å². The fourth-order valence-corrected chi connectivity index (χ4v) is 4.17. The van der Waals surface area contributed by atoms with Gasteiger partial charge in [-0.2, -0.15) is 0 Å². The van der Waals surface area contributed by atoms with Crippen molar-refractivity contribution in [3.8, 4) is 0 Å². The van der Waals surface area contributed by atoms with Gasteiger partial charge in [-0.25, -0.2) is 0 Å². The minimum Gasteiger partial charge on any atom is -0.313 e. The van der Waals surface area contributed by atoms with Crippen LogP contribution < -0.4 is 5.32 Å². The maximum Gasteiger partial charge on any atom is 0.0377 e. The van der Waals surface area contributed by atoms with Crippen molar-refractivity contribution in [3.05, 3.63) is 53.7 Å². The van der Waals surface area contributed by atoms with Gasteiger partial charge in [-0.05, 0) is 72.0 Å². The number of benzene rings is 1. The lowest BCUT2D eigenvalue weighted by Gasteiger charge is -2.18. The quantitative estimate of drug-likeness (QED) is 0.620. The molecule has 0 radical (unpaired) electrons. The Hall–Kier alpha value is 0.0900. The second-order valence-electron chi connectivity index (χ2n) is 4.43. The summed E-state index contributed by atoms with van der Waals surface area (Å²) in [6.45, 7) is 2.21. The van der Waals surface area contributed by atoms with Crippen LogP contribution in [0.25, 0.3) is 0 Å². The molecule has 1 aromatic heterocycles. The smallest absolute Gasteiger partial charge is 0.0377 e. The fourth-order valence-electron chi connectivity index (χ4n) is 2.07. The largest absolute Gasteiger partial charge is 0.313 e. The van der Waals surface area contributed by atoms with Gasteiger partial charge in [0.15, 0.2) is 0 Å².